The Labute approximate surface area is 92.5 Å². The molecule has 1 amide bonds. The average molecular weight is 230 g/mol. The summed E-state index contributed by atoms with van der Waals surface area (Å²) in [4.78, 5) is 11.5. The predicted octanol–water partition coefficient (Wildman–Crippen LogP) is 1.16. The molecule has 0 unspecified atom stereocenters. The molecule has 1 atom stereocenters. The number of benzene rings is 1. The molecule has 4 nitrogen and oxygen atoms in total. The number of aliphatic hydroxyl groups is 1. The average Bonchev–Trinajstić information content (AvgIpc) is 2.18. The van der Waals surface area contributed by atoms with E-state index >= 15 is 0 Å². The number of nitrogens with one attached hydrogen (secondary N) is 1. The fraction of sp³-hybridized carbons (Fsp3) is 0.300. The van der Waals surface area contributed by atoms with Crippen LogP contribution >= 0.6 is 11.6 Å². The van der Waals surface area contributed by atoms with Crippen LogP contribution in [0.1, 0.15) is 17.3 Å². The number of hydrogen-bond donors (Lipinski definition) is 3. The lowest BCUT2D eigenvalue weighted by Gasteiger charge is -2.08. The van der Waals surface area contributed by atoms with Crippen LogP contribution < -0.4 is 5.32 Å². The van der Waals surface area contributed by atoms with E-state index in [-0.39, 0.29) is 22.9 Å². The first kappa shape index (κ1) is 11.8. The van der Waals surface area contributed by atoms with E-state index in [9.17, 15) is 9.90 Å². The van der Waals surface area contributed by atoms with Crippen molar-refractivity contribution in [3.8, 4) is 5.75 Å². The Hall–Kier alpha value is -1.26. The number of rotatable bonds is 3. The normalized spacial score (nSPS) is 12.2. The predicted molar refractivity (Wildman–Crippen MR) is 57.1 cm³/mol. The maximum absolute atomic E-state index is 11.5. The molecule has 0 aliphatic heterocycles. The summed E-state index contributed by atoms with van der Waals surface area (Å²) in [5.41, 5.74) is 0.192. The highest BCUT2D eigenvalue weighted by Crippen LogP contribution is 2.20. The number of hydrogen-bond acceptors (Lipinski definition) is 3. The van der Waals surface area contributed by atoms with Gasteiger partial charge in [-0.05, 0) is 25.1 Å². The van der Waals surface area contributed by atoms with E-state index < -0.39 is 12.0 Å². The second-order valence-electron chi connectivity index (χ2n) is 3.22. The summed E-state index contributed by atoms with van der Waals surface area (Å²) in [7, 11) is 0. The van der Waals surface area contributed by atoms with Gasteiger partial charge in [0.2, 0.25) is 0 Å². The summed E-state index contributed by atoms with van der Waals surface area (Å²) >= 11 is 5.77. The highest BCUT2D eigenvalue weighted by atomic mass is 35.5. The Morgan fingerprint density at radius 1 is 1.60 bits per heavy atom. The molecule has 0 heterocycles. The van der Waals surface area contributed by atoms with Gasteiger partial charge in [0.25, 0.3) is 5.91 Å². The maximum atomic E-state index is 11.5. The second-order valence-corrected chi connectivity index (χ2v) is 3.63. The van der Waals surface area contributed by atoms with Crippen LogP contribution in [0, 0.1) is 0 Å². The zero-order valence-corrected chi connectivity index (χ0v) is 8.95. The third kappa shape index (κ3) is 3.42. The summed E-state index contributed by atoms with van der Waals surface area (Å²) < 4.78 is 0. The van der Waals surface area contributed by atoms with E-state index in [1.807, 2.05) is 0 Å². The van der Waals surface area contributed by atoms with Gasteiger partial charge in [-0.25, -0.2) is 0 Å². The van der Waals surface area contributed by atoms with Gasteiger partial charge >= 0.3 is 0 Å². The Bertz CT molecular complexity index is 366. The molecule has 0 aliphatic carbocycles. The van der Waals surface area contributed by atoms with Crippen LogP contribution in [0.4, 0.5) is 0 Å². The number of aromatic hydroxyl groups is 1. The van der Waals surface area contributed by atoms with Gasteiger partial charge in [-0.1, -0.05) is 11.6 Å². The lowest BCUT2D eigenvalue weighted by molar-refractivity contribution is 0.0924. The van der Waals surface area contributed by atoms with Crippen LogP contribution in [0.3, 0.4) is 0 Å². The van der Waals surface area contributed by atoms with E-state index in [0.717, 1.165) is 0 Å². The summed E-state index contributed by atoms with van der Waals surface area (Å²) in [5, 5.41) is 20.9. The van der Waals surface area contributed by atoms with Crippen molar-refractivity contribution in [1.29, 1.82) is 0 Å². The van der Waals surface area contributed by atoms with Crippen LogP contribution in [0.25, 0.3) is 0 Å². The van der Waals surface area contributed by atoms with Crippen molar-refractivity contribution < 1.29 is 15.0 Å². The van der Waals surface area contributed by atoms with Crippen molar-refractivity contribution in [3.05, 3.63) is 28.8 Å². The third-order valence-electron chi connectivity index (χ3n) is 1.75. The molecule has 0 aromatic heterocycles. The van der Waals surface area contributed by atoms with Crippen LogP contribution in [0.15, 0.2) is 18.2 Å². The van der Waals surface area contributed by atoms with Gasteiger partial charge in [-0.15, -0.1) is 0 Å². The SMILES string of the molecule is C[C@@H](O)CNC(=O)c1cc(O)ccc1Cl. The van der Waals surface area contributed by atoms with Crippen LogP contribution in [-0.2, 0) is 0 Å². The van der Waals surface area contributed by atoms with E-state index in [2.05, 4.69) is 5.32 Å². The van der Waals surface area contributed by atoms with Gasteiger partial charge in [-0.3, -0.25) is 4.79 Å². The van der Waals surface area contributed by atoms with Crippen molar-refractivity contribution in [2.45, 2.75) is 13.0 Å². The minimum Gasteiger partial charge on any atom is -0.508 e. The number of amides is 1. The van der Waals surface area contributed by atoms with Crippen molar-refractivity contribution in [2.75, 3.05) is 6.54 Å². The molecule has 5 heteroatoms. The molecule has 0 fully saturated rings. The standard InChI is InChI=1S/C10H12ClNO3/c1-6(13)5-12-10(15)8-4-7(14)2-3-9(8)11/h2-4,6,13-14H,5H2,1H3,(H,12,15)/t6-/m1/s1. The van der Waals surface area contributed by atoms with Crippen molar-refractivity contribution in [1.82, 2.24) is 5.32 Å². The maximum Gasteiger partial charge on any atom is 0.253 e. The fourth-order valence-electron chi connectivity index (χ4n) is 1.02. The van der Waals surface area contributed by atoms with Gasteiger partial charge in [0.1, 0.15) is 5.75 Å². The molecular weight excluding hydrogens is 218 g/mol. The minimum absolute atomic E-state index is 0.0263. The summed E-state index contributed by atoms with van der Waals surface area (Å²) in [6.45, 7) is 1.70. The highest BCUT2D eigenvalue weighted by Gasteiger charge is 2.11. The lowest BCUT2D eigenvalue weighted by atomic mass is 10.2. The molecule has 0 radical (unpaired) electrons. The molecule has 1 aromatic rings. The van der Waals surface area contributed by atoms with Crippen LogP contribution in [0.2, 0.25) is 5.02 Å². The monoisotopic (exact) mass is 229 g/mol. The molecule has 0 saturated carbocycles. The second kappa shape index (κ2) is 5.00. The summed E-state index contributed by atoms with van der Waals surface area (Å²) in [6.07, 6.45) is -0.620. The number of phenols is 1. The van der Waals surface area contributed by atoms with E-state index in [1.165, 1.54) is 18.2 Å². The first-order valence-electron chi connectivity index (χ1n) is 4.45. The highest BCUT2D eigenvalue weighted by molar-refractivity contribution is 6.33. The molecule has 0 aliphatic rings. The largest absolute Gasteiger partial charge is 0.508 e. The summed E-state index contributed by atoms with van der Waals surface area (Å²) in [5.74, 6) is -0.446. The topological polar surface area (TPSA) is 69.6 Å². The van der Waals surface area contributed by atoms with Crippen molar-refractivity contribution in [3.63, 3.8) is 0 Å². The molecule has 3 N–H and O–H groups in total. The van der Waals surface area contributed by atoms with Gasteiger partial charge < -0.3 is 15.5 Å². The van der Waals surface area contributed by atoms with Crippen LogP contribution in [-0.4, -0.2) is 28.8 Å². The molecular formula is C10H12ClNO3. The zero-order chi connectivity index (χ0) is 11.4. The smallest absolute Gasteiger partial charge is 0.253 e. The molecule has 1 rings (SSSR count). The van der Waals surface area contributed by atoms with Gasteiger partial charge in [0, 0.05) is 6.54 Å². The quantitative estimate of drug-likeness (QED) is 0.729. The van der Waals surface area contributed by atoms with E-state index in [4.69, 9.17) is 16.7 Å². The Balaban J connectivity index is 2.77. The number of carbonyl (C=O) groups excluding carboxylic acids is 1. The minimum atomic E-state index is -0.620. The first-order chi connectivity index (χ1) is 7.00. The van der Waals surface area contributed by atoms with Gasteiger partial charge in [0.15, 0.2) is 0 Å². The fourth-order valence-corrected chi connectivity index (χ4v) is 1.23. The van der Waals surface area contributed by atoms with E-state index in [0.29, 0.717) is 0 Å². The number of aliphatic hydroxyl groups excluding tert-OH is 1. The first-order valence-corrected chi connectivity index (χ1v) is 4.83. The molecule has 0 bridgehead atoms. The Kier molecular flexibility index (Phi) is 3.94. The molecule has 82 valence electrons. The Morgan fingerprint density at radius 2 is 2.27 bits per heavy atom. The van der Waals surface area contributed by atoms with Gasteiger partial charge in [-0.2, -0.15) is 0 Å². The zero-order valence-electron chi connectivity index (χ0n) is 8.20. The molecule has 0 spiro atoms. The van der Waals surface area contributed by atoms with Crippen LogP contribution in [0.5, 0.6) is 5.75 Å². The van der Waals surface area contributed by atoms with Crippen molar-refractivity contribution >= 4 is 17.5 Å². The molecule has 1 aromatic carbocycles. The van der Waals surface area contributed by atoms with Crippen molar-refractivity contribution in [2.24, 2.45) is 0 Å². The summed E-state index contributed by atoms with van der Waals surface area (Å²) in [6, 6.07) is 4.11. The number of halogens is 1. The molecule has 0 saturated heterocycles. The number of phenolic OH excluding ortho intramolecular Hbond substituents is 1. The van der Waals surface area contributed by atoms with E-state index in [1.54, 1.807) is 6.92 Å². The Morgan fingerprint density at radius 3 is 2.87 bits per heavy atom. The molecule has 15 heavy (non-hydrogen) atoms. The van der Waals surface area contributed by atoms with Gasteiger partial charge in [0.05, 0.1) is 16.7 Å². The lowest BCUT2D eigenvalue weighted by Crippen LogP contribution is -2.30. The number of carbonyl (C=O) groups is 1. The third-order valence-corrected chi connectivity index (χ3v) is 2.08.